The van der Waals surface area contributed by atoms with Crippen LogP contribution in [0.15, 0.2) is 61.7 Å². The van der Waals surface area contributed by atoms with Crippen LogP contribution in [0, 0.1) is 0 Å². The molecule has 0 fully saturated rings. The highest BCUT2D eigenvalue weighted by Gasteiger charge is 1.99. The fraction of sp³-hybridized carbons (Fsp3) is 0.200. The van der Waals surface area contributed by atoms with Crippen molar-refractivity contribution >= 4 is 11.1 Å². The Morgan fingerprint density at radius 3 is 1.20 bits per heavy atom. The number of hydrogen-bond acceptors (Lipinski definition) is 0. The molecule has 0 atom stereocenters. The average Bonchev–Trinajstić information content (AvgIpc) is 2.46. The number of rotatable bonds is 5. The summed E-state index contributed by atoms with van der Waals surface area (Å²) in [5.41, 5.74) is 7.43. The lowest BCUT2D eigenvalue weighted by Gasteiger charge is -2.06. The molecular weight excluding hydrogens is 240 g/mol. The van der Waals surface area contributed by atoms with E-state index in [1.165, 1.54) is 22.3 Å². The van der Waals surface area contributed by atoms with Crippen molar-refractivity contribution in [2.24, 2.45) is 0 Å². The smallest absolute Gasteiger partial charge is 0.0233 e. The topological polar surface area (TPSA) is 0 Å². The van der Waals surface area contributed by atoms with Gasteiger partial charge in [0.25, 0.3) is 0 Å². The Bertz CT molecular complexity index is 540. The molecule has 0 N–H and O–H groups in total. The first-order valence-electron chi connectivity index (χ1n) is 7.06. The maximum absolute atomic E-state index is 3.96. The predicted molar refractivity (Wildman–Crippen MR) is 89.7 cm³/mol. The number of benzene rings is 2. The fourth-order valence-corrected chi connectivity index (χ4v) is 2.20. The summed E-state index contributed by atoms with van der Waals surface area (Å²) < 4.78 is 0. The summed E-state index contributed by atoms with van der Waals surface area (Å²) in [6.45, 7) is 12.0. The molecule has 0 bridgehead atoms. The van der Waals surface area contributed by atoms with Crippen molar-refractivity contribution < 1.29 is 0 Å². The Hall–Kier alpha value is -2.08. The van der Waals surface area contributed by atoms with Gasteiger partial charge in [-0.3, -0.25) is 0 Å². The van der Waals surface area contributed by atoms with Gasteiger partial charge in [0.1, 0.15) is 0 Å². The molecule has 0 aliphatic heterocycles. The van der Waals surface area contributed by atoms with Crippen molar-refractivity contribution in [2.45, 2.75) is 26.7 Å². The summed E-state index contributed by atoms with van der Waals surface area (Å²) in [6.07, 6.45) is 2.14. The van der Waals surface area contributed by atoms with Gasteiger partial charge in [-0.05, 0) is 48.9 Å². The van der Waals surface area contributed by atoms with Crippen LogP contribution in [0.5, 0.6) is 0 Å². The van der Waals surface area contributed by atoms with E-state index in [1.807, 2.05) is 13.8 Å². The van der Waals surface area contributed by atoms with Gasteiger partial charge < -0.3 is 0 Å². The molecule has 0 aliphatic carbocycles. The minimum absolute atomic E-state index is 1.07. The highest BCUT2D eigenvalue weighted by molar-refractivity contribution is 5.62. The quantitative estimate of drug-likeness (QED) is 0.664. The molecule has 102 valence electrons. The first kappa shape index (κ1) is 14.3. The van der Waals surface area contributed by atoms with Crippen LogP contribution in [0.4, 0.5) is 0 Å². The lowest BCUT2D eigenvalue weighted by Crippen LogP contribution is -1.92. The normalized spacial score (nSPS) is 10.3. The molecule has 0 unspecified atom stereocenters. The highest BCUT2D eigenvalue weighted by Crippen LogP contribution is 2.16. The largest absolute Gasteiger partial charge is 0.0955 e. The molecule has 0 heterocycles. The fourth-order valence-electron chi connectivity index (χ4n) is 2.20. The third kappa shape index (κ3) is 3.71. The van der Waals surface area contributed by atoms with E-state index in [-0.39, 0.29) is 0 Å². The molecule has 0 aromatic heterocycles. The maximum Gasteiger partial charge on any atom is -0.0233 e. The Kier molecular flexibility index (Phi) is 4.57. The average molecular weight is 262 g/mol. The summed E-state index contributed by atoms with van der Waals surface area (Å²) in [7, 11) is 0. The second-order valence-electron chi connectivity index (χ2n) is 5.45. The summed E-state index contributed by atoms with van der Waals surface area (Å²) in [5.74, 6) is 0. The minimum atomic E-state index is 1.07. The van der Waals surface area contributed by atoms with Crippen molar-refractivity contribution in [3.05, 3.63) is 83.9 Å². The molecule has 0 radical (unpaired) electrons. The molecule has 2 aromatic carbocycles. The van der Waals surface area contributed by atoms with Crippen LogP contribution in [-0.4, -0.2) is 0 Å². The number of hydrogen-bond donors (Lipinski definition) is 0. The second-order valence-corrected chi connectivity index (χ2v) is 5.45. The molecule has 2 rings (SSSR count). The number of aryl methyl sites for hydroxylation is 2. The molecule has 0 nitrogen and oxygen atoms in total. The first-order valence-corrected chi connectivity index (χ1v) is 7.06. The first-order chi connectivity index (χ1) is 9.56. The summed E-state index contributed by atoms with van der Waals surface area (Å²) in [5, 5.41) is 0. The Morgan fingerprint density at radius 1 is 0.650 bits per heavy atom. The molecule has 2 aromatic rings. The zero-order chi connectivity index (χ0) is 14.5. The van der Waals surface area contributed by atoms with E-state index in [0.717, 1.165) is 24.0 Å². The van der Waals surface area contributed by atoms with E-state index in [2.05, 4.69) is 61.7 Å². The van der Waals surface area contributed by atoms with E-state index < -0.39 is 0 Å². The van der Waals surface area contributed by atoms with Gasteiger partial charge >= 0.3 is 0 Å². The third-order valence-electron chi connectivity index (χ3n) is 3.60. The van der Waals surface area contributed by atoms with Crippen molar-refractivity contribution in [1.29, 1.82) is 0 Å². The molecule has 0 amide bonds. The van der Waals surface area contributed by atoms with Crippen molar-refractivity contribution in [3.63, 3.8) is 0 Å². The summed E-state index contributed by atoms with van der Waals surface area (Å²) in [4.78, 5) is 0. The van der Waals surface area contributed by atoms with Crippen LogP contribution in [0.2, 0.25) is 0 Å². The molecule has 0 spiro atoms. The number of allylic oxidation sites excluding steroid dienone is 2. The minimum Gasteiger partial charge on any atom is -0.0955 e. The maximum atomic E-state index is 3.96. The second kappa shape index (κ2) is 6.38. The van der Waals surface area contributed by atoms with E-state index in [4.69, 9.17) is 0 Å². The molecular formula is C20H22. The van der Waals surface area contributed by atoms with Gasteiger partial charge in [0.05, 0.1) is 0 Å². The molecule has 0 heteroatoms. The summed E-state index contributed by atoms with van der Waals surface area (Å²) >= 11 is 0. The lowest BCUT2D eigenvalue weighted by molar-refractivity contribution is 0.959. The zero-order valence-corrected chi connectivity index (χ0v) is 12.4. The summed E-state index contributed by atoms with van der Waals surface area (Å²) in [6, 6.07) is 17.4. The molecule has 20 heavy (non-hydrogen) atoms. The molecule has 0 saturated heterocycles. The molecule has 0 saturated carbocycles. The molecule has 0 aliphatic rings. The SMILES string of the molecule is C=C(C)c1ccc(CCc2ccc(C(=C)C)cc2)cc1. The zero-order valence-electron chi connectivity index (χ0n) is 12.4. The van der Waals surface area contributed by atoms with Crippen molar-refractivity contribution in [2.75, 3.05) is 0 Å². The van der Waals surface area contributed by atoms with Gasteiger partial charge in [0.15, 0.2) is 0 Å². The van der Waals surface area contributed by atoms with Gasteiger partial charge in [0, 0.05) is 0 Å². The highest BCUT2D eigenvalue weighted by atomic mass is 14.0. The van der Waals surface area contributed by atoms with Crippen molar-refractivity contribution in [1.82, 2.24) is 0 Å². The van der Waals surface area contributed by atoms with Crippen LogP contribution in [0.3, 0.4) is 0 Å². The van der Waals surface area contributed by atoms with Crippen LogP contribution in [-0.2, 0) is 12.8 Å². The predicted octanol–water partition coefficient (Wildman–Crippen LogP) is 5.54. The Morgan fingerprint density at radius 2 is 0.950 bits per heavy atom. The van der Waals surface area contributed by atoms with E-state index >= 15 is 0 Å². The van der Waals surface area contributed by atoms with Crippen LogP contribution >= 0.6 is 0 Å². The van der Waals surface area contributed by atoms with Gasteiger partial charge in [0.2, 0.25) is 0 Å². The van der Waals surface area contributed by atoms with Crippen molar-refractivity contribution in [3.8, 4) is 0 Å². The van der Waals surface area contributed by atoms with Gasteiger partial charge in [-0.15, -0.1) is 0 Å². The monoisotopic (exact) mass is 262 g/mol. The van der Waals surface area contributed by atoms with E-state index in [0.29, 0.717) is 0 Å². The van der Waals surface area contributed by atoms with E-state index in [9.17, 15) is 0 Å². The van der Waals surface area contributed by atoms with Crippen LogP contribution < -0.4 is 0 Å². The van der Waals surface area contributed by atoms with E-state index in [1.54, 1.807) is 0 Å². The van der Waals surface area contributed by atoms with Crippen LogP contribution in [0.25, 0.3) is 11.1 Å². The lowest BCUT2D eigenvalue weighted by atomic mass is 10.00. The standard InChI is InChI=1S/C20H22/c1-15(2)19-11-7-17(8-12-19)5-6-18-9-13-20(14-10-18)16(3)4/h7-14H,1,3,5-6H2,2,4H3. The Balaban J connectivity index is 1.97. The van der Waals surface area contributed by atoms with Gasteiger partial charge in [-0.1, -0.05) is 72.8 Å². The Labute approximate surface area is 122 Å². The van der Waals surface area contributed by atoms with Gasteiger partial charge in [-0.2, -0.15) is 0 Å². The van der Waals surface area contributed by atoms with Gasteiger partial charge in [-0.25, -0.2) is 0 Å². The third-order valence-corrected chi connectivity index (χ3v) is 3.60. The van der Waals surface area contributed by atoms with Crippen LogP contribution in [0.1, 0.15) is 36.1 Å².